The summed E-state index contributed by atoms with van der Waals surface area (Å²) in [5, 5.41) is 19.3. The molecule has 3 heterocycles. The van der Waals surface area contributed by atoms with Crippen LogP contribution in [0.4, 0.5) is 5.82 Å². The van der Waals surface area contributed by atoms with Gasteiger partial charge in [-0.2, -0.15) is 9.78 Å². The van der Waals surface area contributed by atoms with Crippen LogP contribution >= 0.6 is 12.4 Å². The predicted octanol–water partition coefficient (Wildman–Crippen LogP) is 1.16. The van der Waals surface area contributed by atoms with Gasteiger partial charge in [-0.15, -0.1) is 17.5 Å². The molecule has 3 N–H and O–H groups in total. The number of halogens is 1. The van der Waals surface area contributed by atoms with E-state index in [1.165, 1.54) is 10.9 Å². The first-order chi connectivity index (χ1) is 13.5. The predicted molar refractivity (Wildman–Crippen MR) is 106 cm³/mol. The molecule has 0 atom stereocenters. The van der Waals surface area contributed by atoms with Crippen LogP contribution in [-0.4, -0.2) is 55.4 Å². The van der Waals surface area contributed by atoms with Gasteiger partial charge in [0.15, 0.2) is 5.69 Å². The van der Waals surface area contributed by atoms with E-state index in [1.54, 1.807) is 12.1 Å². The van der Waals surface area contributed by atoms with Gasteiger partial charge >= 0.3 is 0 Å². The normalized spacial score (nSPS) is 11.2. The Hall–Kier alpha value is -3.25. The molecule has 0 bridgehead atoms. The second-order valence-electron chi connectivity index (χ2n) is 5.88. The molecule has 0 spiro atoms. The smallest absolute Gasteiger partial charge is 0.292 e. The fraction of sp³-hybridized carbons (Fsp3) is 0.375. The van der Waals surface area contributed by atoms with Crippen molar-refractivity contribution in [3.63, 3.8) is 0 Å². The number of hydrazone groups is 1. The average molecular weight is 424 g/mol. The summed E-state index contributed by atoms with van der Waals surface area (Å²) in [6, 6.07) is 3.54. The lowest BCUT2D eigenvalue weighted by Gasteiger charge is -2.16. The zero-order valence-corrected chi connectivity index (χ0v) is 17.0. The fourth-order valence-corrected chi connectivity index (χ4v) is 2.52. The van der Waals surface area contributed by atoms with Crippen LogP contribution in [0.25, 0.3) is 5.82 Å². The number of nitrogens with two attached hydrogens (primary N) is 1. The molecule has 12 nitrogen and oxygen atoms in total. The van der Waals surface area contributed by atoms with Gasteiger partial charge in [0.1, 0.15) is 17.2 Å². The Labute approximate surface area is 172 Å². The molecule has 0 aliphatic carbocycles. The lowest BCUT2D eigenvalue weighted by molar-refractivity contribution is 0.0945. The Morgan fingerprint density at radius 1 is 1.34 bits per heavy atom. The molecular weight excluding hydrogens is 402 g/mol. The van der Waals surface area contributed by atoms with E-state index in [-0.39, 0.29) is 29.7 Å². The van der Waals surface area contributed by atoms with Crippen LogP contribution in [0.2, 0.25) is 0 Å². The average Bonchev–Trinajstić information content (AvgIpc) is 3.39. The highest BCUT2D eigenvalue weighted by molar-refractivity contribution is 5.94. The summed E-state index contributed by atoms with van der Waals surface area (Å²) in [6.07, 6.45) is 1.40. The van der Waals surface area contributed by atoms with Gasteiger partial charge in [-0.1, -0.05) is 19.1 Å². The van der Waals surface area contributed by atoms with E-state index in [4.69, 9.17) is 10.2 Å². The lowest BCUT2D eigenvalue weighted by atomic mass is 10.2. The number of aromatic nitrogens is 5. The molecule has 3 aromatic heterocycles. The highest BCUT2D eigenvalue weighted by Gasteiger charge is 2.25. The number of furan rings is 1. The second-order valence-corrected chi connectivity index (χ2v) is 5.88. The van der Waals surface area contributed by atoms with E-state index in [1.807, 2.05) is 20.8 Å². The molecule has 0 radical (unpaired) electrons. The molecule has 3 aromatic rings. The highest BCUT2D eigenvalue weighted by Crippen LogP contribution is 2.17. The molecule has 156 valence electrons. The minimum atomic E-state index is -0.533. The Kier molecular flexibility index (Phi) is 7.45. The zero-order chi connectivity index (χ0) is 20.1. The lowest BCUT2D eigenvalue weighted by Crippen LogP contribution is -2.27. The van der Waals surface area contributed by atoms with Crippen molar-refractivity contribution in [3.8, 4) is 5.82 Å². The van der Waals surface area contributed by atoms with Gasteiger partial charge in [0.2, 0.25) is 11.6 Å². The first-order valence-electron chi connectivity index (χ1n) is 8.68. The number of hydrogen-bond acceptors (Lipinski definition) is 10. The van der Waals surface area contributed by atoms with Crippen LogP contribution in [0.15, 0.2) is 26.3 Å². The van der Waals surface area contributed by atoms with Gasteiger partial charge in [-0.05, 0) is 42.5 Å². The topological polar surface area (TPSA) is 153 Å². The summed E-state index contributed by atoms with van der Waals surface area (Å²) in [7, 11) is 0. The Balaban J connectivity index is 0.00000300. The molecule has 29 heavy (non-hydrogen) atoms. The second kappa shape index (κ2) is 9.80. The fourth-order valence-electron chi connectivity index (χ4n) is 2.52. The van der Waals surface area contributed by atoms with Crippen LogP contribution in [0, 0.1) is 6.92 Å². The van der Waals surface area contributed by atoms with Crippen molar-refractivity contribution in [2.75, 3.05) is 18.8 Å². The van der Waals surface area contributed by atoms with Gasteiger partial charge in [-0.3, -0.25) is 9.69 Å². The van der Waals surface area contributed by atoms with Crippen LogP contribution in [0.3, 0.4) is 0 Å². The molecule has 0 aliphatic rings. The van der Waals surface area contributed by atoms with Crippen LogP contribution < -0.4 is 11.2 Å². The molecule has 0 aromatic carbocycles. The maximum atomic E-state index is 12.8. The molecule has 1 amide bonds. The zero-order valence-electron chi connectivity index (χ0n) is 16.2. The van der Waals surface area contributed by atoms with Crippen molar-refractivity contribution in [2.45, 2.75) is 27.3 Å². The Bertz CT molecular complexity index is 974. The summed E-state index contributed by atoms with van der Waals surface area (Å²) in [6.45, 7) is 7.84. The first-order valence-corrected chi connectivity index (χ1v) is 8.68. The van der Waals surface area contributed by atoms with Crippen molar-refractivity contribution in [3.05, 3.63) is 35.0 Å². The molecule has 0 fully saturated rings. The van der Waals surface area contributed by atoms with E-state index in [2.05, 4.69) is 40.7 Å². The number of rotatable bonds is 8. The number of nitrogens with zero attached hydrogens (tertiary/aromatic N) is 7. The number of amides is 1. The number of anilines is 1. The van der Waals surface area contributed by atoms with Crippen LogP contribution in [-0.2, 0) is 6.54 Å². The molecule has 0 saturated heterocycles. The number of nitrogen functional groups attached to an aromatic ring is 1. The maximum absolute atomic E-state index is 12.8. The van der Waals surface area contributed by atoms with Crippen LogP contribution in [0.5, 0.6) is 0 Å². The summed E-state index contributed by atoms with van der Waals surface area (Å²) < 4.78 is 11.2. The standard InChI is InChI=1S/C16H21N9O3.ClH/c1-4-24(5-2)9-12-13(25(23-19-12)15-14(17)21-28-22-15)16(26)20-18-8-11-7-6-10(3)27-11;/h6-8H,4-5,9H2,1-3H3,(H2,17,21)(H,20,26);1H/b18-8+;. The van der Waals surface area contributed by atoms with Crippen molar-refractivity contribution < 1.29 is 13.8 Å². The molecule has 13 heteroatoms. The SMILES string of the molecule is CCN(CC)Cc1nnn(-c2nonc2N)c1C(=O)N/N=C/c1ccc(C)o1.Cl. The van der Waals surface area contributed by atoms with E-state index in [0.29, 0.717) is 18.0 Å². The van der Waals surface area contributed by atoms with Gasteiger partial charge in [0.25, 0.3) is 5.91 Å². The quantitative estimate of drug-likeness (QED) is 0.401. The van der Waals surface area contributed by atoms with E-state index in [0.717, 1.165) is 18.8 Å². The van der Waals surface area contributed by atoms with Gasteiger partial charge in [-0.25, -0.2) is 10.1 Å². The van der Waals surface area contributed by atoms with E-state index < -0.39 is 5.91 Å². The van der Waals surface area contributed by atoms with Gasteiger partial charge in [0, 0.05) is 6.54 Å². The third-order valence-corrected chi connectivity index (χ3v) is 4.04. The molecule has 3 rings (SSSR count). The number of hydrogen-bond donors (Lipinski definition) is 2. The third-order valence-electron chi connectivity index (χ3n) is 4.04. The minimum absolute atomic E-state index is 0. The molecule has 0 unspecified atom stereocenters. The van der Waals surface area contributed by atoms with E-state index >= 15 is 0 Å². The summed E-state index contributed by atoms with van der Waals surface area (Å²) in [4.78, 5) is 14.9. The van der Waals surface area contributed by atoms with Crippen molar-refractivity contribution in [1.29, 1.82) is 0 Å². The Morgan fingerprint density at radius 2 is 2.10 bits per heavy atom. The summed E-state index contributed by atoms with van der Waals surface area (Å²) >= 11 is 0. The number of nitrogens with one attached hydrogen (secondary N) is 1. The number of carbonyl (C=O) groups is 1. The van der Waals surface area contributed by atoms with Crippen molar-refractivity contribution in [1.82, 2.24) is 35.6 Å². The van der Waals surface area contributed by atoms with Crippen molar-refractivity contribution >= 4 is 30.3 Å². The maximum Gasteiger partial charge on any atom is 0.292 e. The molecule has 0 saturated carbocycles. The largest absolute Gasteiger partial charge is 0.460 e. The molecular formula is C16H22ClN9O3. The number of aryl methyl sites for hydroxylation is 1. The van der Waals surface area contributed by atoms with Crippen molar-refractivity contribution in [2.24, 2.45) is 5.10 Å². The monoisotopic (exact) mass is 423 g/mol. The van der Waals surface area contributed by atoms with Gasteiger partial charge < -0.3 is 10.2 Å². The van der Waals surface area contributed by atoms with Crippen LogP contribution in [0.1, 0.15) is 41.6 Å². The minimum Gasteiger partial charge on any atom is -0.460 e. The van der Waals surface area contributed by atoms with E-state index in [9.17, 15) is 4.79 Å². The third kappa shape index (κ3) is 4.97. The first kappa shape index (κ1) is 22.0. The number of carbonyl (C=O) groups excluding carboxylic acids is 1. The summed E-state index contributed by atoms with van der Waals surface area (Å²) in [5.41, 5.74) is 8.78. The molecule has 0 aliphatic heterocycles. The Morgan fingerprint density at radius 3 is 2.69 bits per heavy atom. The summed E-state index contributed by atoms with van der Waals surface area (Å²) in [5.74, 6) is 0.786. The van der Waals surface area contributed by atoms with Gasteiger partial charge in [0.05, 0.1) is 6.21 Å². The highest BCUT2D eigenvalue weighted by atomic mass is 35.5.